The number of aromatic nitrogens is 2. The van der Waals surface area contributed by atoms with E-state index in [9.17, 15) is 4.79 Å². The number of rotatable bonds is 9. The Kier molecular flexibility index (Phi) is 7.51. The Bertz CT molecular complexity index is 1010. The molecule has 0 bridgehead atoms. The van der Waals surface area contributed by atoms with Gasteiger partial charge in [-0.05, 0) is 49.4 Å². The normalized spacial score (nSPS) is 16.6. The summed E-state index contributed by atoms with van der Waals surface area (Å²) in [7, 11) is 1.64. The van der Waals surface area contributed by atoms with Gasteiger partial charge >= 0.3 is 0 Å². The van der Waals surface area contributed by atoms with Crippen molar-refractivity contribution in [3.63, 3.8) is 0 Å². The predicted octanol–water partition coefficient (Wildman–Crippen LogP) is 4.05. The second-order valence-electron chi connectivity index (χ2n) is 8.29. The standard InChI is InChI=1S/C25H30N4O3/c1-31-22-11-5-7-20(15-22)16-26-23(30)13-12-19-8-6-14-29(17-19)18-24-27-25(28-32-24)21-9-3-2-4-10-21/h2-5,7,9-11,15,19H,6,8,12-14,16-18H2,1H3,(H,26,30)/t19-/m0/s1. The first-order valence-electron chi connectivity index (χ1n) is 11.2. The summed E-state index contributed by atoms with van der Waals surface area (Å²) in [6.07, 6.45) is 3.70. The minimum Gasteiger partial charge on any atom is -0.497 e. The quantitative estimate of drug-likeness (QED) is 0.547. The molecule has 0 aliphatic carbocycles. The van der Waals surface area contributed by atoms with Crippen LogP contribution in [0.2, 0.25) is 0 Å². The van der Waals surface area contributed by atoms with Crippen molar-refractivity contribution < 1.29 is 14.1 Å². The summed E-state index contributed by atoms with van der Waals surface area (Å²) in [6.45, 7) is 3.14. The molecule has 1 N–H and O–H groups in total. The highest BCUT2D eigenvalue weighted by atomic mass is 16.5. The number of amides is 1. The van der Waals surface area contributed by atoms with Crippen LogP contribution in [0.5, 0.6) is 5.75 Å². The topological polar surface area (TPSA) is 80.5 Å². The molecule has 1 saturated heterocycles. The molecule has 1 fully saturated rings. The van der Waals surface area contributed by atoms with Gasteiger partial charge in [0, 0.05) is 25.1 Å². The molecule has 1 atom stereocenters. The molecule has 168 valence electrons. The average Bonchev–Trinajstić information content (AvgIpc) is 3.31. The molecule has 0 spiro atoms. The molecule has 0 radical (unpaired) electrons. The van der Waals surface area contributed by atoms with Crippen LogP contribution in [0, 0.1) is 5.92 Å². The molecule has 0 saturated carbocycles. The second-order valence-corrected chi connectivity index (χ2v) is 8.29. The molecular weight excluding hydrogens is 404 g/mol. The van der Waals surface area contributed by atoms with Crippen molar-refractivity contribution in [2.75, 3.05) is 20.2 Å². The third kappa shape index (κ3) is 6.17. The number of nitrogens with one attached hydrogen (secondary N) is 1. The summed E-state index contributed by atoms with van der Waals surface area (Å²) in [4.78, 5) is 19.2. The Balaban J connectivity index is 1.21. The van der Waals surface area contributed by atoms with E-state index in [-0.39, 0.29) is 5.91 Å². The predicted molar refractivity (Wildman–Crippen MR) is 122 cm³/mol. The Hall–Kier alpha value is -3.19. The van der Waals surface area contributed by atoms with E-state index >= 15 is 0 Å². The zero-order chi connectivity index (χ0) is 22.2. The monoisotopic (exact) mass is 434 g/mol. The van der Waals surface area contributed by atoms with Crippen LogP contribution in [0.15, 0.2) is 59.1 Å². The summed E-state index contributed by atoms with van der Waals surface area (Å²) in [5.74, 6) is 2.66. The molecular formula is C25H30N4O3. The Morgan fingerprint density at radius 2 is 2.09 bits per heavy atom. The highest BCUT2D eigenvalue weighted by Gasteiger charge is 2.22. The number of hydrogen-bond donors (Lipinski definition) is 1. The molecule has 7 nitrogen and oxygen atoms in total. The van der Waals surface area contributed by atoms with Gasteiger partial charge in [0.25, 0.3) is 0 Å². The smallest absolute Gasteiger partial charge is 0.241 e. The summed E-state index contributed by atoms with van der Waals surface area (Å²) in [5.41, 5.74) is 2.00. The number of methoxy groups -OCH3 is 1. The van der Waals surface area contributed by atoms with Crippen LogP contribution < -0.4 is 10.1 Å². The first kappa shape index (κ1) is 22.0. The lowest BCUT2D eigenvalue weighted by Crippen LogP contribution is -2.35. The van der Waals surface area contributed by atoms with E-state index in [1.807, 2.05) is 54.6 Å². The molecule has 1 aliphatic heterocycles. The number of nitrogens with zero attached hydrogens (tertiary/aromatic N) is 3. The van der Waals surface area contributed by atoms with E-state index in [0.29, 0.717) is 37.1 Å². The summed E-state index contributed by atoms with van der Waals surface area (Å²) < 4.78 is 10.7. The van der Waals surface area contributed by atoms with E-state index in [2.05, 4.69) is 20.4 Å². The minimum absolute atomic E-state index is 0.0920. The van der Waals surface area contributed by atoms with Gasteiger partial charge in [-0.15, -0.1) is 0 Å². The zero-order valence-corrected chi connectivity index (χ0v) is 18.5. The molecule has 0 unspecified atom stereocenters. The van der Waals surface area contributed by atoms with Gasteiger partial charge in [-0.1, -0.05) is 47.6 Å². The molecule has 1 amide bonds. The van der Waals surface area contributed by atoms with Crippen molar-refractivity contribution in [2.24, 2.45) is 5.92 Å². The maximum Gasteiger partial charge on any atom is 0.241 e. The third-order valence-corrected chi connectivity index (χ3v) is 5.87. The van der Waals surface area contributed by atoms with Crippen molar-refractivity contribution in [3.8, 4) is 17.1 Å². The highest BCUT2D eigenvalue weighted by Crippen LogP contribution is 2.23. The van der Waals surface area contributed by atoms with Gasteiger partial charge in [-0.3, -0.25) is 9.69 Å². The van der Waals surface area contributed by atoms with Gasteiger partial charge < -0.3 is 14.6 Å². The van der Waals surface area contributed by atoms with Crippen molar-refractivity contribution >= 4 is 5.91 Å². The molecule has 7 heteroatoms. The lowest BCUT2D eigenvalue weighted by Gasteiger charge is -2.31. The van der Waals surface area contributed by atoms with Crippen LogP contribution >= 0.6 is 0 Å². The van der Waals surface area contributed by atoms with Crippen molar-refractivity contribution in [1.29, 1.82) is 0 Å². The highest BCUT2D eigenvalue weighted by molar-refractivity contribution is 5.75. The molecule has 32 heavy (non-hydrogen) atoms. The van der Waals surface area contributed by atoms with Gasteiger partial charge in [0.05, 0.1) is 13.7 Å². The molecule has 1 aliphatic rings. The third-order valence-electron chi connectivity index (χ3n) is 5.87. The van der Waals surface area contributed by atoms with Gasteiger partial charge in [-0.25, -0.2) is 0 Å². The zero-order valence-electron chi connectivity index (χ0n) is 18.5. The summed E-state index contributed by atoms with van der Waals surface area (Å²) in [5, 5.41) is 7.13. The van der Waals surface area contributed by atoms with E-state index < -0.39 is 0 Å². The van der Waals surface area contributed by atoms with Crippen molar-refractivity contribution in [1.82, 2.24) is 20.4 Å². The molecule has 2 aromatic carbocycles. The van der Waals surface area contributed by atoms with Crippen LogP contribution in [0.3, 0.4) is 0 Å². The van der Waals surface area contributed by atoms with Gasteiger partial charge in [0.1, 0.15) is 5.75 Å². The van der Waals surface area contributed by atoms with Crippen LogP contribution in [0.25, 0.3) is 11.4 Å². The fourth-order valence-electron chi connectivity index (χ4n) is 4.15. The lowest BCUT2D eigenvalue weighted by atomic mass is 9.93. The Morgan fingerprint density at radius 3 is 2.94 bits per heavy atom. The SMILES string of the molecule is COc1cccc(CNC(=O)CC[C@@H]2CCCN(Cc3nc(-c4ccccc4)no3)C2)c1. The van der Waals surface area contributed by atoms with Crippen LogP contribution in [0.1, 0.15) is 37.1 Å². The number of carbonyl (C=O) groups excluding carboxylic acids is 1. The maximum atomic E-state index is 12.3. The van der Waals surface area contributed by atoms with E-state index in [1.54, 1.807) is 7.11 Å². The summed E-state index contributed by atoms with van der Waals surface area (Å²) in [6, 6.07) is 17.6. The Labute approximate surface area is 188 Å². The minimum atomic E-state index is 0.0920. The number of hydrogen-bond acceptors (Lipinski definition) is 6. The largest absolute Gasteiger partial charge is 0.497 e. The summed E-state index contributed by atoms with van der Waals surface area (Å²) >= 11 is 0. The van der Waals surface area contributed by atoms with Crippen molar-refractivity contribution in [2.45, 2.75) is 38.8 Å². The molecule has 3 aromatic rings. The van der Waals surface area contributed by atoms with Crippen LogP contribution in [-0.2, 0) is 17.9 Å². The number of likely N-dealkylation sites (tertiary alicyclic amines) is 1. The fraction of sp³-hybridized carbons (Fsp3) is 0.400. The van der Waals surface area contributed by atoms with E-state index in [0.717, 1.165) is 49.2 Å². The average molecular weight is 435 g/mol. The number of carbonyl (C=O) groups is 1. The number of ether oxygens (including phenoxy) is 1. The Morgan fingerprint density at radius 1 is 1.22 bits per heavy atom. The molecule has 1 aromatic heterocycles. The van der Waals surface area contributed by atoms with Gasteiger partial charge in [0.15, 0.2) is 0 Å². The maximum absolute atomic E-state index is 12.3. The van der Waals surface area contributed by atoms with E-state index in [4.69, 9.17) is 9.26 Å². The van der Waals surface area contributed by atoms with Crippen molar-refractivity contribution in [3.05, 3.63) is 66.1 Å². The first-order chi connectivity index (χ1) is 15.7. The fourth-order valence-corrected chi connectivity index (χ4v) is 4.15. The number of piperidine rings is 1. The first-order valence-corrected chi connectivity index (χ1v) is 11.2. The molecule has 2 heterocycles. The number of benzene rings is 2. The molecule has 4 rings (SSSR count). The van der Waals surface area contributed by atoms with E-state index in [1.165, 1.54) is 0 Å². The van der Waals surface area contributed by atoms with Crippen LogP contribution in [-0.4, -0.2) is 41.1 Å². The van der Waals surface area contributed by atoms with Gasteiger partial charge in [-0.2, -0.15) is 4.98 Å². The lowest BCUT2D eigenvalue weighted by molar-refractivity contribution is -0.121. The van der Waals surface area contributed by atoms with Crippen LogP contribution in [0.4, 0.5) is 0 Å². The van der Waals surface area contributed by atoms with Gasteiger partial charge in [0.2, 0.25) is 17.6 Å². The second kappa shape index (κ2) is 10.9.